The number of aromatic nitrogens is 6. The zero-order chi connectivity index (χ0) is 27.4. The highest BCUT2D eigenvalue weighted by atomic mass is 35.5. The van der Waals surface area contributed by atoms with E-state index in [1.807, 2.05) is 12.1 Å². The maximum Gasteiger partial charge on any atom is 0.439 e. The molecule has 11 heteroatoms. The van der Waals surface area contributed by atoms with Gasteiger partial charge in [-0.1, -0.05) is 36.5 Å². The molecule has 0 bridgehead atoms. The van der Waals surface area contributed by atoms with Crippen molar-refractivity contribution in [1.29, 1.82) is 0 Å². The van der Waals surface area contributed by atoms with E-state index in [2.05, 4.69) is 38.4 Å². The average molecular weight is 564 g/mol. The minimum Gasteiger partial charge on any atom is -0.374 e. The number of aromatic amines is 1. The van der Waals surface area contributed by atoms with E-state index in [0.717, 1.165) is 54.3 Å². The predicted octanol–water partition coefficient (Wildman–Crippen LogP) is 5.64. The van der Waals surface area contributed by atoms with Crippen molar-refractivity contribution in [1.82, 2.24) is 29.7 Å². The molecule has 1 N–H and O–H groups in total. The molecule has 2 saturated carbocycles. The maximum atomic E-state index is 11.8. The number of hydrogen-bond donors (Lipinski definition) is 1. The number of nitrogens with one attached hydrogen (secondary N) is 1. The number of hydrogen-bond acceptors (Lipinski definition) is 8. The second-order valence-electron chi connectivity index (χ2n) is 11.7. The van der Waals surface area contributed by atoms with Gasteiger partial charge in [-0.2, -0.15) is 0 Å². The third-order valence-corrected chi connectivity index (χ3v) is 9.41. The number of rotatable bonds is 5. The molecule has 1 aliphatic heterocycles. The van der Waals surface area contributed by atoms with E-state index < -0.39 is 5.76 Å². The number of H-pyrrole nitrogens is 1. The Hall–Kier alpha value is -3.24. The first-order valence-corrected chi connectivity index (χ1v) is 14.8. The second-order valence-corrected chi connectivity index (χ2v) is 12.1. The maximum absolute atomic E-state index is 11.8. The van der Waals surface area contributed by atoms with Crippen LogP contribution in [0.2, 0.25) is 5.02 Å². The quantitative estimate of drug-likeness (QED) is 0.332. The molecule has 0 radical (unpaired) electrons. The lowest BCUT2D eigenvalue weighted by atomic mass is 9.79. The molecule has 4 aromatic heterocycles. The summed E-state index contributed by atoms with van der Waals surface area (Å²) in [7, 11) is 0. The molecule has 0 spiro atoms. The fourth-order valence-electron chi connectivity index (χ4n) is 7.05. The lowest BCUT2D eigenvalue weighted by Gasteiger charge is -2.40. The van der Waals surface area contributed by atoms with Crippen molar-refractivity contribution in [2.75, 3.05) is 18.1 Å². The Labute approximate surface area is 237 Å². The highest BCUT2D eigenvalue weighted by Crippen LogP contribution is 2.43. The number of imidazole rings is 1. The van der Waals surface area contributed by atoms with Crippen LogP contribution in [0.4, 0.5) is 5.95 Å². The van der Waals surface area contributed by atoms with Crippen molar-refractivity contribution in [3.8, 4) is 22.8 Å². The first-order chi connectivity index (χ1) is 19.5. The van der Waals surface area contributed by atoms with Crippen molar-refractivity contribution in [2.45, 2.75) is 77.0 Å². The average Bonchev–Trinajstić information content (AvgIpc) is 3.70. The van der Waals surface area contributed by atoms with Gasteiger partial charge >= 0.3 is 5.76 Å². The van der Waals surface area contributed by atoms with Crippen LogP contribution in [-0.4, -0.2) is 55.0 Å². The van der Waals surface area contributed by atoms with Gasteiger partial charge in [-0.25, -0.2) is 14.8 Å². The summed E-state index contributed by atoms with van der Waals surface area (Å²) in [6.07, 6.45) is 11.8. The molecule has 3 aliphatic rings. The monoisotopic (exact) mass is 563 g/mol. The first-order valence-electron chi connectivity index (χ1n) is 14.4. The Morgan fingerprint density at radius 2 is 1.95 bits per heavy atom. The predicted molar refractivity (Wildman–Crippen MR) is 152 cm³/mol. The molecule has 4 aromatic rings. The lowest BCUT2D eigenvalue weighted by Crippen LogP contribution is -2.50. The van der Waals surface area contributed by atoms with Crippen LogP contribution in [0.3, 0.4) is 0 Å². The number of nitrogens with zero attached hydrogens (tertiary/aromatic N) is 6. The van der Waals surface area contributed by atoms with E-state index in [1.54, 1.807) is 12.4 Å². The molecular weight excluding hydrogens is 530 g/mol. The number of anilines is 1. The van der Waals surface area contributed by atoms with Crippen LogP contribution in [0.25, 0.3) is 33.8 Å². The summed E-state index contributed by atoms with van der Waals surface area (Å²) in [5.74, 6) is 1.89. The van der Waals surface area contributed by atoms with E-state index in [9.17, 15) is 4.79 Å². The molecule has 3 atom stereocenters. The van der Waals surface area contributed by atoms with Crippen molar-refractivity contribution in [2.24, 2.45) is 11.8 Å². The summed E-state index contributed by atoms with van der Waals surface area (Å²) >= 11 is 6.42. The van der Waals surface area contributed by atoms with Crippen LogP contribution in [0.1, 0.15) is 64.8 Å². The summed E-state index contributed by atoms with van der Waals surface area (Å²) < 4.78 is 13.4. The van der Waals surface area contributed by atoms with Gasteiger partial charge in [0.2, 0.25) is 11.8 Å². The third-order valence-electron chi connectivity index (χ3n) is 9.20. The van der Waals surface area contributed by atoms with Crippen LogP contribution in [0.5, 0.6) is 0 Å². The fraction of sp³-hybridized carbons (Fsp3) is 0.552. The van der Waals surface area contributed by atoms with Crippen LogP contribution in [-0.2, 0) is 4.74 Å². The Kier molecular flexibility index (Phi) is 6.62. The molecule has 10 nitrogen and oxygen atoms in total. The highest BCUT2D eigenvalue weighted by molar-refractivity contribution is 6.30. The van der Waals surface area contributed by atoms with Crippen LogP contribution < -0.4 is 10.7 Å². The number of morpholine rings is 1. The molecule has 40 heavy (non-hydrogen) atoms. The van der Waals surface area contributed by atoms with E-state index in [1.165, 1.54) is 25.7 Å². The number of fused-ring (bicyclic) bond motifs is 2. The molecule has 3 fully saturated rings. The van der Waals surface area contributed by atoms with Crippen molar-refractivity contribution in [3.63, 3.8) is 0 Å². The molecule has 7 rings (SSSR count). The van der Waals surface area contributed by atoms with Gasteiger partial charge in [0.25, 0.3) is 0 Å². The van der Waals surface area contributed by atoms with E-state index in [4.69, 9.17) is 30.8 Å². The van der Waals surface area contributed by atoms with Crippen LogP contribution in [0, 0.1) is 11.8 Å². The Balaban J connectivity index is 1.47. The lowest BCUT2D eigenvalue weighted by molar-refractivity contribution is 0.0245. The van der Waals surface area contributed by atoms with Crippen molar-refractivity contribution in [3.05, 3.63) is 40.1 Å². The van der Waals surface area contributed by atoms with Crippen LogP contribution in [0.15, 0.2) is 33.8 Å². The normalized spacial score (nSPS) is 25.8. The fourth-order valence-corrected chi connectivity index (χ4v) is 7.23. The SMILES string of the molecule is CC1CCC([C@@H](C)n2c(N3CCO[C@@H]4CCC[C@H]43)nc3cc(-c4noc(=O)[nH]4)nc(-c4cncc(Cl)c4)c32)CC1. The van der Waals surface area contributed by atoms with Gasteiger partial charge < -0.3 is 14.2 Å². The third kappa shape index (κ3) is 4.51. The minimum atomic E-state index is -0.630. The summed E-state index contributed by atoms with van der Waals surface area (Å²) in [6.45, 7) is 6.18. The number of ether oxygens (including phenoxy) is 1. The van der Waals surface area contributed by atoms with Crippen LogP contribution >= 0.6 is 11.6 Å². The van der Waals surface area contributed by atoms with Gasteiger partial charge in [0.05, 0.1) is 40.5 Å². The van der Waals surface area contributed by atoms with E-state index >= 15 is 0 Å². The van der Waals surface area contributed by atoms with Crippen molar-refractivity contribution < 1.29 is 9.26 Å². The molecule has 210 valence electrons. The summed E-state index contributed by atoms with van der Waals surface area (Å²) in [5, 5.41) is 4.44. The van der Waals surface area contributed by atoms with Crippen molar-refractivity contribution >= 4 is 28.6 Å². The molecule has 0 aromatic carbocycles. The standard InChI is InChI=1S/C29H34ClN7O3/c1-16-6-8-18(9-7-16)17(2)37-26-21(33-28(37)36-10-11-39-24-5-3-4-23(24)36)13-22(27-34-29(38)40-35-27)32-25(26)19-12-20(30)15-31-14-19/h12-18,23-24H,3-11H2,1-2H3,(H,34,35,38)/t16?,17-,18?,23-,24-/m1/s1. The van der Waals surface area contributed by atoms with Gasteiger partial charge in [0, 0.05) is 30.5 Å². The molecule has 0 amide bonds. The Bertz CT molecular complexity index is 1590. The number of pyridine rings is 2. The Morgan fingerprint density at radius 3 is 2.73 bits per heavy atom. The molecule has 1 saturated heterocycles. The molecular formula is C29H34ClN7O3. The van der Waals surface area contributed by atoms with Gasteiger partial charge in [-0.3, -0.25) is 14.5 Å². The molecule has 0 unspecified atom stereocenters. The largest absolute Gasteiger partial charge is 0.439 e. The second kappa shape index (κ2) is 10.3. The zero-order valence-electron chi connectivity index (χ0n) is 22.8. The smallest absolute Gasteiger partial charge is 0.374 e. The number of halogens is 1. The summed E-state index contributed by atoms with van der Waals surface area (Å²) in [5.41, 5.74) is 3.70. The summed E-state index contributed by atoms with van der Waals surface area (Å²) in [6, 6.07) is 4.28. The van der Waals surface area contributed by atoms with Gasteiger partial charge in [-0.15, -0.1) is 0 Å². The molecule has 2 aliphatic carbocycles. The molecule has 5 heterocycles. The van der Waals surface area contributed by atoms with E-state index in [-0.39, 0.29) is 18.0 Å². The summed E-state index contributed by atoms with van der Waals surface area (Å²) in [4.78, 5) is 31.6. The zero-order valence-corrected chi connectivity index (χ0v) is 23.6. The van der Waals surface area contributed by atoms with Gasteiger partial charge in [0.15, 0.2) is 0 Å². The minimum absolute atomic E-state index is 0.209. The highest BCUT2D eigenvalue weighted by Gasteiger charge is 2.40. The van der Waals surface area contributed by atoms with Gasteiger partial charge in [0.1, 0.15) is 5.69 Å². The van der Waals surface area contributed by atoms with Gasteiger partial charge in [-0.05, 0) is 63.0 Å². The first kappa shape index (κ1) is 25.7. The van der Waals surface area contributed by atoms with E-state index in [0.29, 0.717) is 35.0 Å². The topological polar surface area (TPSA) is 115 Å². The Morgan fingerprint density at radius 1 is 1.10 bits per heavy atom.